The number of carbonyl (C=O) groups excluding carboxylic acids is 2. The minimum Gasteiger partial charge on any atom is -0.452 e. The van der Waals surface area contributed by atoms with Crippen molar-refractivity contribution >= 4 is 21.9 Å². The van der Waals surface area contributed by atoms with Crippen molar-refractivity contribution in [3.05, 3.63) is 29.8 Å². The maximum Gasteiger partial charge on any atom is 0.338 e. The summed E-state index contributed by atoms with van der Waals surface area (Å²) in [5.41, 5.74) is 0.0934. The Bertz CT molecular complexity index is 770. The van der Waals surface area contributed by atoms with Gasteiger partial charge in [0.05, 0.1) is 10.5 Å². The molecule has 150 valence electrons. The standard InChI is InChI=1S/C19H28N2O5S/c1-4-20-27(24,25)17-7-5-6-15(12-17)19(23)26-13-18(22)21(3)16-10-8-14(2)9-11-16/h5-7,12,14,16,20H,4,8-11,13H2,1-3H3. The predicted octanol–water partition coefficient (Wildman–Crippen LogP) is 2.18. The zero-order chi connectivity index (χ0) is 20.0. The minimum atomic E-state index is -3.66. The molecule has 1 N–H and O–H groups in total. The first-order valence-electron chi connectivity index (χ1n) is 9.27. The number of carbonyl (C=O) groups is 2. The van der Waals surface area contributed by atoms with Crippen LogP contribution < -0.4 is 4.72 Å². The average molecular weight is 397 g/mol. The second-order valence-corrected chi connectivity index (χ2v) is 8.79. The lowest BCUT2D eigenvalue weighted by Crippen LogP contribution is -2.41. The molecule has 0 atom stereocenters. The Kier molecular flexibility index (Phi) is 7.38. The van der Waals surface area contributed by atoms with E-state index in [0.717, 1.165) is 25.7 Å². The highest BCUT2D eigenvalue weighted by molar-refractivity contribution is 7.89. The van der Waals surface area contributed by atoms with Gasteiger partial charge in [0.15, 0.2) is 6.61 Å². The maximum absolute atomic E-state index is 12.3. The van der Waals surface area contributed by atoms with Crippen LogP contribution >= 0.6 is 0 Å². The van der Waals surface area contributed by atoms with Crippen molar-refractivity contribution in [2.45, 2.75) is 50.5 Å². The zero-order valence-electron chi connectivity index (χ0n) is 16.1. The van der Waals surface area contributed by atoms with Crippen LogP contribution in [0.15, 0.2) is 29.2 Å². The van der Waals surface area contributed by atoms with Gasteiger partial charge in [0.1, 0.15) is 0 Å². The summed E-state index contributed by atoms with van der Waals surface area (Å²) in [6, 6.07) is 5.76. The molecule has 7 nitrogen and oxygen atoms in total. The summed E-state index contributed by atoms with van der Waals surface area (Å²) in [6.07, 6.45) is 4.10. The fourth-order valence-electron chi connectivity index (χ4n) is 3.21. The van der Waals surface area contributed by atoms with Crippen molar-refractivity contribution in [2.75, 3.05) is 20.2 Å². The highest BCUT2D eigenvalue weighted by Gasteiger charge is 2.25. The number of nitrogens with one attached hydrogen (secondary N) is 1. The Morgan fingerprint density at radius 2 is 1.89 bits per heavy atom. The molecule has 0 aromatic heterocycles. The van der Waals surface area contributed by atoms with Crippen LogP contribution in [0.2, 0.25) is 0 Å². The zero-order valence-corrected chi connectivity index (χ0v) is 16.9. The normalized spacial score (nSPS) is 20.1. The summed E-state index contributed by atoms with van der Waals surface area (Å²) in [6.45, 7) is 3.78. The molecule has 0 aliphatic heterocycles. The summed E-state index contributed by atoms with van der Waals surface area (Å²) in [5.74, 6) is -0.282. The number of esters is 1. The molecule has 0 heterocycles. The second kappa shape index (κ2) is 9.32. The van der Waals surface area contributed by atoms with Crippen LogP contribution in [0.5, 0.6) is 0 Å². The van der Waals surface area contributed by atoms with E-state index >= 15 is 0 Å². The summed E-state index contributed by atoms with van der Waals surface area (Å²) in [7, 11) is -1.93. The van der Waals surface area contributed by atoms with Gasteiger partial charge in [-0.1, -0.05) is 19.9 Å². The van der Waals surface area contributed by atoms with Crippen molar-refractivity contribution < 1.29 is 22.7 Å². The molecule has 8 heteroatoms. The van der Waals surface area contributed by atoms with E-state index in [1.54, 1.807) is 18.9 Å². The quantitative estimate of drug-likeness (QED) is 0.713. The van der Waals surface area contributed by atoms with Crippen molar-refractivity contribution in [1.29, 1.82) is 0 Å². The van der Waals surface area contributed by atoms with Gasteiger partial charge in [0, 0.05) is 19.6 Å². The molecular weight excluding hydrogens is 368 g/mol. The topological polar surface area (TPSA) is 92.8 Å². The number of nitrogens with zero attached hydrogens (tertiary/aromatic N) is 1. The Morgan fingerprint density at radius 1 is 1.22 bits per heavy atom. The lowest BCUT2D eigenvalue weighted by Gasteiger charge is -2.33. The van der Waals surface area contributed by atoms with Crippen molar-refractivity contribution in [3.63, 3.8) is 0 Å². The summed E-state index contributed by atoms with van der Waals surface area (Å²) < 4.78 is 31.5. The minimum absolute atomic E-state index is 0.0152. The molecule has 0 bridgehead atoms. The monoisotopic (exact) mass is 396 g/mol. The molecule has 1 aromatic rings. The first kappa shape index (κ1) is 21.4. The van der Waals surface area contributed by atoms with Crippen LogP contribution in [0.4, 0.5) is 0 Å². The molecule has 1 amide bonds. The highest BCUT2D eigenvalue weighted by atomic mass is 32.2. The highest BCUT2D eigenvalue weighted by Crippen LogP contribution is 2.26. The Balaban J connectivity index is 1.94. The van der Waals surface area contributed by atoms with E-state index < -0.39 is 16.0 Å². The van der Waals surface area contributed by atoms with Crippen LogP contribution in [0.25, 0.3) is 0 Å². The molecule has 1 aromatic carbocycles. The number of ether oxygens (including phenoxy) is 1. The molecule has 27 heavy (non-hydrogen) atoms. The third-order valence-electron chi connectivity index (χ3n) is 4.97. The number of rotatable bonds is 7. The summed E-state index contributed by atoms with van der Waals surface area (Å²) in [5, 5.41) is 0. The van der Waals surface area contributed by atoms with E-state index in [0.29, 0.717) is 5.92 Å². The molecule has 0 spiro atoms. The molecule has 0 radical (unpaired) electrons. The number of hydrogen-bond acceptors (Lipinski definition) is 5. The Morgan fingerprint density at radius 3 is 2.52 bits per heavy atom. The third-order valence-corrected chi connectivity index (χ3v) is 6.51. The number of sulfonamides is 1. The lowest BCUT2D eigenvalue weighted by atomic mass is 9.87. The van der Waals surface area contributed by atoms with Crippen molar-refractivity contribution in [2.24, 2.45) is 5.92 Å². The van der Waals surface area contributed by atoms with Crippen LogP contribution in [0, 0.1) is 5.92 Å². The smallest absolute Gasteiger partial charge is 0.338 e. The van der Waals surface area contributed by atoms with Gasteiger partial charge in [0.2, 0.25) is 10.0 Å². The number of amides is 1. The van der Waals surface area contributed by atoms with Crippen LogP contribution in [0.1, 0.15) is 49.9 Å². The van der Waals surface area contributed by atoms with E-state index in [1.165, 1.54) is 24.3 Å². The molecule has 1 aliphatic carbocycles. The largest absolute Gasteiger partial charge is 0.452 e. The Hall–Kier alpha value is -1.93. The maximum atomic E-state index is 12.3. The number of hydrogen-bond donors (Lipinski definition) is 1. The van der Waals surface area contributed by atoms with Gasteiger partial charge in [-0.15, -0.1) is 0 Å². The van der Waals surface area contributed by atoms with E-state index in [9.17, 15) is 18.0 Å². The van der Waals surface area contributed by atoms with Crippen molar-refractivity contribution in [1.82, 2.24) is 9.62 Å². The number of benzene rings is 1. The SMILES string of the molecule is CCNS(=O)(=O)c1cccc(C(=O)OCC(=O)N(C)C2CCC(C)CC2)c1. The first-order valence-corrected chi connectivity index (χ1v) is 10.8. The van der Waals surface area contributed by atoms with E-state index in [1.807, 2.05) is 0 Å². The first-order chi connectivity index (χ1) is 12.7. The van der Waals surface area contributed by atoms with Gasteiger partial charge >= 0.3 is 5.97 Å². The van der Waals surface area contributed by atoms with E-state index in [-0.39, 0.29) is 35.6 Å². The van der Waals surface area contributed by atoms with Gasteiger partial charge in [0.25, 0.3) is 5.91 Å². The predicted molar refractivity (Wildman–Crippen MR) is 102 cm³/mol. The van der Waals surface area contributed by atoms with Gasteiger partial charge in [-0.2, -0.15) is 0 Å². The van der Waals surface area contributed by atoms with Gasteiger partial charge in [-0.25, -0.2) is 17.9 Å². The second-order valence-electron chi connectivity index (χ2n) is 7.02. The van der Waals surface area contributed by atoms with E-state index in [2.05, 4.69) is 11.6 Å². The van der Waals surface area contributed by atoms with Gasteiger partial charge < -0.3 is 9.64 Å². The molecule has 1 fully saturated rings. The van der Waals surface area contributed by atoms with Crippen LogP contribution in [-0.2, 0) is 19.6 Å². The summed E-state index contributed by atoms with van der Waals surface area (Å²) in [4.78, 5) is 26.2. The molecule has 1 aliphatic rings. The molecule has 1 saturated carbocycles. The average Bonchev–Trinajstić information content (AvgIpc) is 2.66. The third kappa shape index (κ3) is 5.77. The molecule has 0 unspecified atom stereocenters. The Labute approximate surface area is 161 Å². The molecule has 2 rings (SSSR count). The molecular formula is C19H28N2O5S. The number of likely N-dealkylation sites (N-methyl/N-ethyl adjacent to an activating group) is 1. The fraction of sp³-hybridized carbons (Fsp3) is 0.579. The fourth-order valence-corrected chi connectivity index (χ4v) is 4.30. The molecule has 0 saturated heterocycles. The summed E-state index contributed by atoms with van der Waals surface area (Å²) >= 11 is 0. The van der Waals surface area contributed by atoms with Gasteiger partial charge in [-0.3, -0.25) is 4.79 Å². The van der Waals surface area contributed by atoms with Crippen molar-refractivity contribution in [3.8, 4) is 0 Å². The van der Waals surface area contributed by atoms with Gasteiger partial charge in [-0.05, 0) is 49.8 Å². The van der Waals surface area contributed by atoms with Crippen LogP contribution in [-0.4, -0.2) is 51.4 Å². The lowest BCUT2D eigenvalue weighted by molar-refractivity contribution is -0.136. The van der Waals surface area contributed by atoms with Crippen LogP contribution in [0.3, 0.4) is 0 Å². The van der Waals surface area contributed by atoms with E-state index in [4.69, 9.17) is 4.74 Å².